The highest BCUT2D eigenvalue weighted by Gasteiger charge is 2.16. The largest absolute Gasteiger partial charge is 0.505 e. The van der Waals surface area contributed by atoms with Crippen molar-refractivity contribution in [3.05, 3.63) is 22.2 Å². The quantitative estimate of drug-likeness (QED) is 0.859. The van der Waals surface area contributed by atoms with Gasteiger partial charge in [0.1, 0.15) is 0 Å². The SMILES string of the molecule is O=C(CCSc1cc(Cl)c(O)c(Cl)c1)N1CCOCC1. The molecule has 1 N–H and O–H groups in total. The average Bonchev–Trinajstić information content (AvgIpc) is 2.45. The maximum absolute atomic E-state index is 11.9. The molecule has 1 aromatic carbocycles. The minimum atomic E-state index is -0.109. The number of amides is 1. The van der Waals surface area contributed by atoms with Crippen LogP contribution >= 0.6 is 35.0 Å². The van der Waals surface area contributed by atoms with Gasteiger partial charge in [-0.2, -0.15) is 0 Å². The van der Waals surface area contributed by atoms with Gasteiger partial charge in [0.15, 0.2) is 5.75 Å². The lowest BCUT2D eigenvalue weighted by Gasteiger charge is -2.26. The molecule has 1 aromatic rings. The molecule has 0 radical (unpaired) electrons. The second-order valence-corrected chi connectivity index (χ2v) is 6.31. The number of carbonyl (C=O) groups excluding carboxylic acids is 1. The number of phenolic OH excluding ortho intramolecular Hbond substituents is 1. The molecule has 0 atom stereocenters. The molecule has 4 nitrogen and oxygen atoms in total. The van der Waals surface area contributed by atoms with Gasteiger partial charge >= 0.3 is 0 Å². The molecule has 110 valence electrons. The normalized spacial score (nSPS) is 15.4. The van der Waals surface area contributed by atoms with E-state index in [0.717, 1.165) is 4.90 Å². The summed E-state index contributed by atoms with van der Waals surface area (Å²) in [5.74, 6) is 0.673. The fourth-order valence-corrected chi connectivity index (χ4v) is 3.38. The first-order valence-electron chi connectivity index (χ1n) is 6.24. The van der Waals surface area contributed by atoms with Crippen molar-refractivity contribution in [2.75, 3.05) is 32.1 Å². The Balaban J connectivity index is 1.82. The van der Waals surface area contributed by atoms with E-state index in [9.17, 15) is 9.90 Å². The highest BCUT2D eigenvalue weighted by atomic mass is 35.5. The molecule has 1 amide bonds. The maximum atomic E-state index is 11.9. The smallest absolute Gasteiger partial charge is 0.223 e. The molecule has 0 saturated carbocycles. The van der Waals surface area contributed by atoms with Crippen LogP contribution in [0.3, 0.4) is 0 Å². The number of morpholine rings is 1. The summed E-state index contributed by atoms with van der Waals surface area (Å²) in [6, 6.07) is 3.29. The van der Waals surface area contributed by atoms with Crippen LogP contribution in [0.1, 0.15) is 6.42 Å². The van der Waals surface area contributed by atoms with E-state index in [4.69, 9.17) is 27.9 Å². The van der Waals surface area contributed by atoms with Gasteiger partial charge in [-0.1, -0.05) is 23.2 Å². The van der Waals surface area contributed by atoms with Crippen LogP contribution in [0.2, 0.25) is 10.0 Å². The highest BCUT2D eigenvalue weighted by molar-refractivity contribution is 7.99. The second kappa shape index (κ2) is 7.41. The number of rotatable bonds is 4. The van der Waals surface area contributed by atoms with Crippen molar-refractivity contribution in [2.45, 2.75) is 11.3 Å². The van der Waals surface area contributed by atoms with Crippen molar-refractivity contribution in [2.24, 2.45) is 0 Å². The number of halogens is 2. The fraction of sp³-hybridized carbons (Fsp3) is 0.462. The second-order valence-electron chi connectivity index (χ2n) is 4.33. The van der Waals surface area contributed by atoms with Crippen molar-refractivity contribution in [1.29, 1.82) is 0 Å². The van der Waals surface area contributed by atoms with E-state index < -0.39 is 0 Å². The van der Waals surface area contributed by atoms with Crippen molar-refractivity contribution in [3.8, 4) is 5.75 Å². The molecule has 2 rings (SSSR count). The first kappa shape index (κ1) is 15.8. The monoisotopic (exact) mass is 335 g/mol. The zero-order valence-electron chi connectivity index (χ0n) is 10.8. The lowest BCUT2D eigenvalue weighted by molar-refractivity contribution is -0.134. The molecule has 7 heteroatoms. The zero-order valence-corrected chi connectivity index (χ0v) is 13.1. The third kappa shape index (κ3) is 4.19. The van der Waals surface area contributed by atoms with Crippen molar-refractivity contribution in [1.82, 2.24) is 4.90 Å². The minimum Gasteiger partial charge on any atom is -0.505 e. The Morgan fingerprint density at radius 3 is 2.50 bits per heavy atom. The third-order valence-electron chi connectivity index (χ3n) is 2.94. The Morgan fingerprint density at radius 2 is 1.90 bits per heavy atom. The van der Waals surface area contributed by atoms with Gasteiger partial charge in [-0.05, 0) is 12.1 Å². The summed E-state index contributed by atoms with van der Waals surface area (Å²) in [5, 5.41) is 9.91. The lowest BCUT2D eigenvalue weighted by Crippen LogP contribution is -2.40. The van der Waals surface area contributed by atoms with Crippen LogP contribution in [0.15, 0.2) is 17.0 Å². The van der Waals surface area contributed by atoms with Gasteiger partial charge in [0.25, 0.3) is 0 Å². The van der Waals surface area contributed by atoms with Gasteiger partial charge in [-0.15, -0.1) is 11.8 Å². The summed E-state index contributed by atoms with van der Waals surface area (Å²) in [6.45, 7) is 2.56. The Morgan fingerprint density at radius 1 is 1.30 bits per heavy atom. The number of nitrogens with zero attached hydrogens (tertiary/aromatic N) is 1. The van der Waals surface area contributed by atoms with E-state index >= 15 is 0 Å². The van der Waals surface area contributed by atoms with Crippen LogP contribution in [-0.4, -0.2) is 48.0 Å². The van der Waals surface area contributed by atoms with Crippen molar-refractivity contribution >= 4 is 40.9 Å². The highest BCUT2D eigenvalue weighted by Crippen LogP contribution is 2.36. The van der Waals surface area contributed by atoms with Gasteiger partial charge in [0.05, 0.1) is 23.3 Å². The number of hydrogen-bond acceptors (Lipinski definition) is 4. The maximum Gasteiger partial charge on any atom is 0.223 e. The van der Waals surface area contributed by atoms with Gasteiger partial charge in [-0.25, -0.2) is 0 Å². The summed E-state index contributed by atoms with van der Waals surface area (Å²) in [6.07, 6.45) is 0.459. The third-order valence-corrected chi connectivity index (χ3v) is 4.49. The van der Waals surface area contributed by atoms with Gasteiger partial charge in [0.2, 0.25) is 5.91 Å². The molecule has 0 spiro atoms. The van der Waals surface area contributed by atoms with Crippen LogP contribution < -0.4 is 0 Å². The number of benzene rings is 1. The molecule has 0 aliphatic carbocycles. The van der Waals surface area contributed by atoms with Gasteiger partial charge in [0, 0.05) is 30.2 Å². The van der Waals surface area contributed by atoms with E-state index in [2.05, 4.69) is 0 Å². The molecule has 1 aliphatic heterocycles. The fourth-order valence-electron chi connectivity index (χ4n) is 1.85. The first-order chi connectivity index (χ1) is 9.58. The zero-order chi connectivity index (χ0) is 14.5. The summed E-state index contributed by atoms with van der Waals surface area (Å²) in [4.78, 5) is 14.6. The Kier molecular flexibility index (Phi) is 5.84. The summed E-state index contributed by atoms with van der Waals surface area (Å²) >= 11 is 13.2. The molecule has 1 saturated heterocycles. The van der Waals surface area contributed by atoms with E-state index in [1.807, 2.05) is 4.90 Å². The summed E-state index contributed by atoms with van der Waals surface area (Å²) in [5.41, 5.74) is 0. The molecular weight excluding hydrogens is 321 g/mol. The molecule has 20 heavy (non-hydrogen) atoms. The van der Waals surface area contributed by atoms with Crippen LogP contribution in [0, 0.1) is 0 Å². The number of phenols is 1. The van der Waals surface area contributed by atoms with Gasteiger partial charge in [-0.3, -0.25) is 4.79 Å². The number of ether oxygens (including phenoxy) is 1. The predicted octanol–water partition coefficient (Wildman–Crippen LogP) is 3.04. The molecule has 0 aromatic heterocycles. The van der Waals surface area contributed by atoms with E-state index in [1.165, 1.54) is 11.8 Å². The average molecular weight is 336 g/mol. The van der Waals surface area contributed by atoms with E-state index in [0.29, 0.717) is 38.5 Å². The van der Waals surface area contributed by atoms with Crippen LogP contribution in [-0.2, 0) is 9.53 Å². The summed E-state index contributed by atoms with van der Waals surface area (Å²) < 4.78 is 5.21. The van der Waals surface area contributed by atoms with Crippen LogP contribution in [0.4, 0.5) is 0 Å². The van der Waals surface area contributed by atoms with Crippen molar-refractivity contribution < 1.29 is 14.6 Å². The molecule has 0 unspecified atom stereocenters. The van der Waals surface area contributed by atoms with Gasteiger partial charge < -0.3 is 14.7 Å². The predicted molar refractivity (Wildman–Crippen MR) is 80.9 cm³/mol. The number of carbonyl (C=O) groups is 1. The number of hydrogen-bond donors (Lipinski definition) is 1. The van der Waals surface area contributed by atoms with Crippen LogP contribution in [0.25, 0.3) is 0 Å². The molecule has 0 bridgehead atoms. The topological polar surface area (TPSA) is 49.8 Å². The Labute approximate surface area is 132 Å². The number of thioether (sulfide) groups is 1. The standard InChI is InChI=1S/C13H15Cl2NO3S/c14-10-7-9(8-11(15)13(10)18)20-6-1-12(17)16-2-4-19-5-3-16/h7-8,18H,1-6H2. The van der Waals surface area contributed by atoms with Crippen LogP contribution in [0.5, 0.6) is 5.75 Å². The van der Waals surface area contributed by atoms with E-state index in [1.54, 1.807) is 12.1 Å². The molecule has 1 heterocycles. The van der Waals surface area contributed by atoms with E-state index in [-0.39, 0.29) is 21.7 Å². The Hall–Kier alpha value is -0.620. The Bertz CT molecular complexity index is 469. The number of aromatic hydroxyl groups is 1. The molecule has 1 fully saturated rings. The minimum absolute atomic E-state index is 0.109. The molecular formula is C13H15Cl2NO3S. The molecule has 1 aliphatic rings. The first-order valence-corrected chi connectivity index (χ1v) is 7.98. The summed E-state index contributed by atoms with van der Waals surface area (Å²) in [7, 11) is 0. The van der Waals surface area contributed by atoms with Crippen molar-refractivity contribution in [3.63, 3.8) is 0 Å². The lowest BCUT2D eigenvalue weighted by atomic mass is 10.3.